The molecule has 1 aliphatic heterocycles. The zero-order valence-electron chi connectivity index (χ0n) is 10.8. The average molecular weight is 279 g/mol. The number of aromatic nitrogens is 4. The van der Waals surface area contributed by atoms with Crippen molar-refractivity contribution >= 4 is 0 Å². The maximum Gasteiger partial charge on any atom is 0.162 e. The highest BCUT2D eigenvalue weighted by atomic mass is 19.2. The van der Waals surface area contributed by atoms with E-state index in [2.05, 4.69) is 20.7 Å². The number of rotatable bonds is 3. The van der Waals surface area contributed by atoms with Crippen molar-refractivity contribution in [3.8, 4) is 0 Å². The van der Waals surface area contributed by atoms with Gasteiger partial charge in [0.15, 0.2) is 18.0 Å². The normalized spacial score (nSPS) is 20.8. The fourth-order valence-electron chi connectivity index (χ4n) is 2.74. The van der Waals surface area contributed by atoms with Gasteiger partial charge in [0.1, 0.15) is 6.04 Å². The monoisotopic (exact) mass is 279 g/mol. The molecular weight excluding hydrogens is 264 g/mol. The second-order valence-electron chi connectivity index (χ2n) is 4.98. The Morgan fingerprint density at radius 1 is 1.30 bits per heavy atom. The number of halogens is 2. The highest BCUT2D eigenvalue weighted by Crippen LogP contribution is 2.30. The molecule has 1 aliphatic rings. The van der Waals surface area contributed by atoms with Crippen molar-refractivity contribution < 1.29 is 8.78 Å². The van der Waals surface area contributed by atoms with Crippen LogP contribution < -0.4 is 5.32 Å². The molecule has 0 amide bonds. The van der Waals surface area contributed by atoms with Gasteiger partial charge in [-0.25, -0.2) is 8.78 Å². The Labute approximate surface area is 115 Å². The maximum atomic E-state index is 13.5. The summed E-state index contributed by atoms with van der Waals surface area (Å²) in [7, 11) is 0. The minimum absolute atomic E-state index is 0.225. The van der Waals surface area contributed by atoms with Crippen molar-refractivity contribution in [1.29, 1.82) is 0 Å². The van der Waals surface area contributed by atoms with E-state index in [1.54, 1.807) is 6.07 Å². The Balaban J connectivity index is 1.98. The van der Waals surface area contributed by atoms with Gasteiger partial charge < -0.3 is 5.32 Å². The third-order valence-corrected chi connectivity index (χ3v) is 3.68. The molecule has 0 radical (unpaired) electrons. The zero-order valence-corrected chi connectivity index (χ0v) is 10.8. The number of nitrogens with one attached hydrogen (secondary N) is 1. The fourth-order valence-corrected chi connectivity index (χ4v) is 2.74. The first-order chi connectivity index (χ1) is 9.75. The topological polar surface area (TPSA) is 55.6 Å². The molecule has 1 saturated heterocycles. The van der Waals surface area contributed by atoms with E-state index in [9.17, 15) is 8.78 Å². The van der Waals surface area contributed by atoms with Gasteiger partial charge in [-0.15, -0.1) is 10.2 Å². The van der Waals surface area contributed by atoms with Crippen molar-refractivity contribution in [1.82, 2.24) is 25.5 Å². The van der Waals surface area contributed by atoms with Crippen molar-refractivity contribution in [3.63, 3.8) is 0 Å². The van der Waals surface area contributed by atoms with E-state index in [-0.39, 0.29) is 12.0 Å². The second-order valence-corrected chi connectivity index (χ2v) is 4.98. The third-order valence-electron chi connectivity index (χ3n) is 3.68. The standard InChI is InChI=1S/C13H15F2N5/c14-11-4-3-9(6-12(11)15)13(20-18-8-17-19-20)10-2-1-5-16-7-10/h3-4,6,8,10,13,16H,1-2,5,7H2/t10-,13-/m0/s1. The Morgan fingerprint density at radius 2 is 2.20 bits per heavy atom. The average Bonchev–Trinajstić information content (AvgIpc) is 2.98. The molecule has 2 heterocycles. The minimum Gasteiger partial charge on any atom is -0.316 e. The van der Waals surface area contributed by atoms with Gasteiger partial charge in [0.05, 0.1) is 0 Å². The molecule has 1 aromatic heterocycles. The second kappa shape index (κ2) is 5.62. The summed E-state index contributed by atoms with van der Waals surface area (Å²) >= 11 is 0. The number of hydrogen-bond acceptors (Lipinski definition) is 4. The van der Waals surface area contributed by atoms with E-state index in [1.165, 1.54) is 17.2 Å². The highest BCUT2D eigenvalue weighted by molar-refractivity contribution is 5.22. The summed E-state index contributed by atoms with van der Waals surface area (Å²) in [6.07, 6.45) is 3.38. The molecule has 5 nitrogen and oxygen atoms in total. The number of piperidine rings is 1. The molecule has 0 saturated carbocycles. The lowest BCUT2D eigenvalue weighted by Crippen LogP contribution is -2.36. The van der Waals surface area contributed by atoms with Crippen LogP contribution in [0.15, 0.2) is 24.5 Å². The van der Waals surface area contributed by atoms with E-state index in [4.69, 9.17) is 0 Å². The molecule has 2 atom stereocenters. The minimum atomic E-state index is -0.851. The summed E-state index contributed by atoms with van der Waals surface area (Å²) in [5.41, 5.74) is 0.663. The van der Waals surface area contributed by atoms with Crippen molar-refractivity contribution in [2.45, 2.75) is 18.9 Å². The molecule has 20 heavy (non-hydrogen) atoms. The molecule has 1 aromatic carbocycles. The van der Waals surface area contributed by atoms with E-state index >= 15 is 0 Å². The lowest BCUT2D eigenvalue weighted by atomic mass is 9.87. The van der Waals surface area contributed by atoms with Crippen LogP contribution >= 0.6 is 0 Å². The SMILES string of the molecule is Fc1ccc([C@@H]([C@H]2CCCNC2)n2ncnn2)cc1F. The van der Waals surface area contributed by atoms with E-state index in [0.717, 1.165) is 32.0 Å². The molecule has 0 spiro atoms. The van der Waals surface area contributed by atoms with E-state index in [0.29, 0.717) is 5.56 Å². The quantitative estimate of drug-likeness (QED) is 0.926. The zero-order chi connectivity index (χ0) is 13.9. The van der Waals surface area contributed by atoms with Crippen molar-refractivity contribution in [2.75, 3.05) is 13.1 Å². The van der Waals surface area contributed by atoms with E-state index in [1.807, 2.05) is 0 Å². The molecule has 3 rings (SSSR count). The first-order valence-corrected chi connectivity index (χ1v) is 6.64. The van der Waals surface area contributed by atoms with Crippen LogP contribution in [0.2, 0.25) is 0 Å². The van der Waals surface area contributed by atoms with Gasteiger partial charge in [-0.3, -0.25) is 0 Å². The molecule has 0 bridgehead atoms. The molecule has 106 valence electrons. The smallest absolute Gasteiger partial charge is 0.162 e. The molecule has 0 aliphatic carbocycles. The van der Waals surface area contributed by atoms with Crippen LogP contribution in [0.25, 0.3) is 0 Å². The molecule has 2 aromatic rings. The van der Waals surface area contributed by atoms with Gasteiger partial charge in [0.2, 0.25) is 0 Å². The highest BCUT2D eigenvalue weighted by Gasteiger charge is 2.28. The predicted molar refractivity (Wildman–Crippen MR) is 67.9 cm³/mol. The largest absolute Gasteiger partial charge is 0.316 e. The summed E-state index contributed by atoms with van der Waals surface area (Å²) in [6.45, 7) is 1.77. The van der Waals surface area contributed by atoms with Gasteiger partial charge >= 0.3 is 0 Å². The lowest BCUT2D eigenvalue weighted by molar-refractivity contribution is 0.260. The van der Waals surface area contributed by atoms with Crippen molar-refractivity contribution in [2.24, 2.45) is 5.92 Å². The Bertz CT molecular complexity index is 566. The van der Waals surface area contributed by atoms with Crippen LogP contribution in [0, 0.1) is 17.6 Å². The van der Waals surface area contributed by atoms with Crippen LogP contribution in [0.3, 0.4) is 0 Å². The summed E-state index contributed by atoms with van der Waals surface area (Å²) in [6, 6.07) is 3.71. The van der Waals surface area contributed by atoms with Crippen molar-refractivity contribution in [3.05, 3.63) is 41.7 Å². The fraction of sp³-hybridized carbons (Fsp3) is 0.462. The number of hydrogen-bond donors (Lipinski definition) is 1. The van der Waals surface area contributed by atoms with Gasteiger partial charge in [-0.2, -0.15) is 4.80 Å². The predicted octanol–water partition coefficient (Wildman–Crippen LogP) is 1.54. The van der Waals surface area contributed by atoms with Crippen LogP contribution in [-0.4, -0.2) is 33.3 Å². The maximum absolute atomic E-state index is 13.5. The first-order valence-electron chi connectivity index (χ1n) is 6.64. The summed E-state index contributed by atoms with van der Waals surface area (Å²) in [5, 5.41) is 15.0. The summed E-state index contributed by atoms with van der Waals surface area (Å²) < 4.78 is 26.6. The summed E-state index contributed by atoms with van der Waals surface area (Å²) in [5.74, 6) is -1.47. The number of benzene rings is 1. The van der Waals surface area contributed by atoms with E-state index < -0.39 is 11.6 Å². The van der Waals surface area contributed by atoms with Crippen LogP contribution in [-0.2, 0) is 0 Å². The number of tetrazole rings is 1. The number of nitrogens with zero attached hydrogens (tertiary/aromatic N) is 4. The molecule has 7 heteroatoms. The van der Waals surface area contributed by atoms with Gasteiger partial charge in [-0.1, -0.05) is 6.07 Å². The van der Waals surface area contributed by atoms with Crippen LogP contribution in [0.4, 0.5) is 8.78 Å². The lowest BCUT2D eigenvalue weighted by Gasteiger charge is -2.30. The molecule has 1 N–H and O–H groups in total. The Morgan fingerprint density at radius 3 is 2.85 bits per heavy atom. The molecule has 0 unspecified atom stereocenters. The third kappa shape index (κ3) is 2.53. The van der Waals surface area contributed by atoms with Crippen LogP contribution in [0.1, 0.15) is 24.4 Å². The Hall–Kier alpha value is -1.89. The summed E-state index contributed by atoms with van der Waals surface area (Å²) in [4.78, 5) is 1.48. The van der Waals surface area contributed by atoms with Gasteiger partial charge in [-0.05, 0) is 48.2 Å². The molecule has 1 fully saturated rings. The Kier molecular flexibility index (Phi) is 3.68. The van der Waals surface area contributed by atoms with Gasteiger partial charge in [0.25, 0.3) is 0 Å². The van der Waals surface area contributed by atoms with Crippen LogP contribution in [0.5, 0.6) is 0 Å². The van der Waals surface area contributed by atoms with Gasteiger partial charge in [0, 0.05) is 6.54 Å². The first kappa shape index (κ1) is 13.1. The molecular formula is C13H15F2N5.